The average Bonchev–Trinajstić information content (AvgIpc) is 2.72. The molecule has 0 saturated heterocycles. The number of nitrogens with two attached hydrogens (primary N) is 1. The molecule has 1 aromatic carbocycles. The molecule has 0 bridgehead atoms. The highest BCUT2D eigenvalue weighted by molar-refractivity contribution is 9.11. The van der Waals surface area contributed by atoms with Gasteiger partial charge in [-0.1, -0.05) is 15.9 Å². The molecule has 0 fully saturated rings. The second-order valence-electron chi connectivity index (χ2n) is 5.22. The van der Waals surface area contributed by atoms with Gasteiger partial charge in [-0.3, -0.25) is 9.59 Å². The number of carbonyl (C=O) groups is 2. The number of hydrogen-bond acceptors (Lipinski definition) is 4. The van der Waals surface area contributed by atoms with Gasteiger partial charge < -0.3 is 15.8 Å². The van der Waals surface area contributed by atoms with Crippen molar-refractivity contribution in [3.05, 3.63) is 42.6 Å². The van der Waals surface area contributed by atoms with E-state index < -0.39 is 5.91 Å². The van der Waals surface area contributed by atoms with Crippen molar-refractivity contribution >= 4 is 60.0 Å². The van der Waals surface area contributed by atoms with Crippen LogP contribution in [-0.2, 0) is 4.79 Å². The van der Waals surface area contributed by atoms with E-state index in [-0.39, 0.29) is 12.5 Å². The summed E-state index contributed by atoms with van der Waals surface area (Å²) in [6.07, 6.45) is 0. The Balaban J connectivity index is 2.10. The predicted octanol–water partition coefficient (Wildman–Crippen LogP) is 4.31. The molecule has 0 radical (unpaired) electrons. The number of anilines is 1. The highest BCUT2D eigenvalue weighted by Crippen LogP contribution is 2.33. The van der Waals surface area contributed by atoms with E-state index in [0.29, 0.717) is 16.3 Å². The van der Waals surface area contributed by atoms with E-state index in [1.807, 2.05) is 26.0 Å². The van der Waals surface area contributed by atoms with Gasteiger partial charge in [-0.25, -0.2) is 0 Å². The van der Waals surface area contributed by atoms with E-state index in [4.69, 9.17) is 10.5 Å². The molecule has 5 nitrogen and oxygen atoms in total. The molecule has 24 heavy (non-hydrogen) atoms. The Morgan fingerprint density at radius 2 is 1.92 bits per heavy atom. The van der Waals surface area contributed by atoms with Gasteiger partial charge in [0.2, 0.25) is 0 Å². The largest absolute Gasteiger partial charge is 0.482 e. The van der Waals surface area contributed by atoms with Gasteiger partial charge in [-0.05, 0) is 60.0 Å². The zero-order valence-corrected chi connectivity index (χ0v) is 17.3. The Morgan fingerprint density at radius 1 is 1.25 bits per heavy atom. The zero-order chi connectivity index (χ0) is 18.0. The number of amides is 2. The van der Waals surface area contributed by atoms with E-state index in [1.54, 1.807) is 6.92 Å². The summed E-state index contributed by atoms with van der Waals surface area (Å²) < 4.78 is 7.27. The van der Waals surface area contributed by atoms with Gasteiger partial charge in [-0.15, -0.1) is 11.3 Å². The van der Waals surface area contributed by atoms with Gasteiger partial charge in [0.15, 0.2) is 6.61 Å². The number of nitrogens with one attached hydrogen (secondary N) is 1. The van der Waals surface area contributed by atoms with Gasteiger partial charge in [0.1, 0.15) is 10.8 Å². The number of carbonyl (C=O) groups excluding carboxylic acids is 2. The molecule has 1 aromatic heterocycles. The maximum atomic E-state index is 12.2. The second-order valence-corrected chi connectivity index (χ2v) is 8.22. The number of benzene rings is 1. The third-order valence-corrected chi connectivity index (χ3v) is 5.60. The summed E-state index contributed by atoms with van der Waals surface area (Å²) in [5.41, 5.74) is 7.43. The van der Waals surface area contributed by atoms with Crippen LogP contribution in [0.2, 0.25) is 0 Å². The summed E-state index contributed by atoms with van der Waals surface area (Å²) in [6.45, 7) is 5.40. The molecule has 2 aromatic rings. The first-order valence-corrected chi connectivity index (χ1v) is 9.39. The molecule has 0 aliphatic heterocycles. The van der Waals surface area contributed by atoms with E-state index in [9.17, 15) is 9.59 Å². The Kier molecular flexibility index (Phi) is 6.06. The van der Waals surface area contributed by atoms with E-state index in [0.717, 1.165) is 24.9 Å². The number of hydrogen-bond donors (Lipinski definition) is 2. The van der Waals surface area contributed by atoms with Crippen molar-refractivity contribution in [3.8, 4) is 5.75 Å². The lowest BCUT2D eigenvalue weighted by molar-refractivity contribution is -0.118. The SMILES string of the molecule is Cc1cc(Br)cc(Br)c1OCC(=O)Nc1sc(C)c(C)c1C(N)=O. The fourth-order valence-corrected chi connectivity index (χ4v) is 4.82. The van der Waals surface area contributed by atoms with Crippen molar-refractivity contribution < 1.29 is 14.3 Å². The third kappa shape index (κ3) is 4.17. The van der Waals surface area contributed by atoms with Crippen molar-refractivity contribution in [2.75, 3.05) is 11.9 Å². The number of halogens is 2. The lowest BCUT2D eigenvalue weighted by Gasteiger charge is -2.12. The van der Waals surface area contributed by atoms with Crippen LogP contribution in [-0.4, -0.2) is 18.4 Å². The summed E-state index contributed by atoms with van der Waals surface area (Å²) >= 11 is 8.13. The molecule has 3 N–H and O–H groups in total. The van der Waals surface area contributed by atoms with Crippen molar-refractivity contribution in [3.63, 3.8) is 0 Å². The summed E-state index contributed by atoms with van der Waals surface area (Å²) in [6, 6.07) is 3.74. The molecule has 0 aliphatic rings. The number of primary amides is 1. The predicted molar refractivity (Wildman–Crippen MR) is 103 cm³/mol. The fraction of sp³-hybridized carbons (Fsp3) is 0.250. The normalized spacial score (nSPS) is 10.5. The number of thiophene rings is 1. The Bertz CT molecular complexity index is 795. The zero-order valence-electron chi connectivity index (χ0n) is 13.3. The van der Waals surface area contributed by atoms with Crippen LogP contribution in [0.25, 0.3) is 0 Å². The molecular weight excluding hydrogens is 460 g/mol. The van der Waals surface area contributed by atoms with Gasteiger partial charge in [0, 0.05) is 9.35 Å². The van der Waals surface area contributed by atoms with Gasteiger partial charge in [0.05, 0.1) is 10.0 Å². The van der Waals surface area contributed by atoms with Crippen LogP contribution >= 0.6 is 43.2 Å². The van der Waals surface area contributed by atoms with Gasteiger partial charge in [-0.2, -0.15) is 0 Å². The standard InChI is InChI=1S/C16H16Br2N2O3S/c1-7-4-10(17)5-11(18)14(7)23-6-12(21)20-16-13(15(19)22)8(2)9(3)24-16/h4-5H,6H2,1-3H3,(H2,19,22)(H,20,21). The highest BCUT2D eigenvalue weighted by Gasteiger charge is 2.19. The fourth-order valence-electron chi connectivity index (χ4n) is 2.18. The molecule has 1 heterocycles. The molecule has 0 spiro atoms. The van der Waals surface area contributed by atoms with Crippen molar-refractivity contribution in [1.82, 2.24) is 0 Å². The summed E-state index contributed by atoms with van der Waals surface area (Å²) in [5.74, 6) is -0.311. The topological polar surface area (TPSA) is 81.4 Å². The average molecular weight is 476 g/mol. The smallest absolute Gasteiger partial charge is 0.262 e. The van der Waals surface area contributed by atoms with E-state index in [2.05, 4.69) is 37.2 Å². The molecule has 0 atom stereocenters. The summed E-state index contributed by atoms with van der Waals surface area (Å²) in [5, 5.41) is 3.16. The Morgan fingerprint density at radius 3 is 2.50 bits per heavy atom. The van der Waals surface area contributed by atoms with Crippen molar-refractivity contribution in [2.24, 2.45) is 5.73 Å². The van der Waals surface area contributed by atoms with Crippen LogP contribution in [0.15, 0.2) is 21.1 Å². The monoisotopic (exact) mass is 474 g/mol. The molecule has 128 valence electrons. The van der Waals surface area contributed by atoms with E-state index in [1.165, 1.54) is 11.3 Å². The second kappa shape index (κ2) is 7.67. The lowest BCUT2D eigenvalue weighted by atomic mass is 10.1. The first-order chi connectivity index (χ1) is 11.2. The third-order valence-electron chi connectivity index (χ3n) is 3.43. The molecule has 2 rings (SSSR count). The van der Waals surface area contributed by atoms with Crippen LogP contribution in [0.5, 0.6) is 5.75 Å². The first kappa shape index (κ1) is 19.0. The molecule has 8 heteroatoms. The Hall–Kier alpha value is -1.38. The minimum Gasteiger partial charge on any atom is -0.482 e. The lowest BCUT2D eigenvalue weighted by Crippen LogP contribution is -2.22. The van der Waals surface area contributed by atoms with Crippen LogP contribution < -0.4 is 15.8 Å². The van der Waals surface area contributed by atoms with Crippen molar-refractivity contribution in [2.45, 2.75) is 20.8 Å². The highest BCUT2D eigenvalue weighted by atomic mass is 79.9. The quantitative estimate of drug-likeness (QED) is 0.675. The van der Waals surface area contributed by atoms with E-state index >= 15 is 0 Å². The Labute approximate surface area is 160 Å². The minimum atomic E-state index is -0.556. The van der Waals surface area contributed by atoms with Crippen LogP contribution in [0.3, 0.4) is 0 Å². The molecular formula is C16H16Br2N2O3S. The van der Waals surface area contributed by atoms with Crippen LogP contribution in [0.4, 0.5) is 5.00 Å². The number of aryl methyl sites for hydroxylation is 2. The molecule has 0 unspecified atom stereocenters. The van der Waals surface area contributed by atoms with Crippen LogP contribution in [0, 0.1) is 20.8 Å². The molecule has 2 amide bonds. The minimum absolute atomic E-state index is 0.171. The molecule has 0 aliphatic carbocycles. The summed E-state index contributed by atoms with van der Waals surface area (Å²) in [4.78, 5) is 24.7. The number of ether oxygens (including phenoxy) is 1. The number of rotatable bonds is 5. The van der Waals surface area contributed by atoms with Gasteiger partial charge in [0.25, 0.3) is 11.8 Å². The first-order valence-electron chi connectivity index (χ1n) is 6.98. The van der Waals surface area contributed by atoms with Gasteiger partial charge >= 0.3 is 0 Å². The molecule has 0 saturated carbocycles. The van der Waals surface area contributed by atoms with Crippen LogP contribution in [0.1, 0.15) is 26.4 Å². The summed E-state index contributed by atoms with van der Waals surface area (Å²) in [7, 11) is 0. The maximum absolute atomic E-state index is 12.2. The maximum Gasteiger partial charge on any atom is 0.262 e. The van der Waals surface area contributed by atoms with Crippen molar-refractivity contribution in [1.29, 1.82) is 0 Å².